The number of hydrogen-bond donors (Lipinski definition) is 1. The topological polar surface area (TPSA) is 80.5 Å². The summed E-state index contributed by atoms with van der Waals surface area (Å²) >= 11 is 0. The van der Waals surface area contributed by atoms with Crippen LogP contribution >= 0.6 is 0 Å². The van der Waals surface area contributed by atoms with Crippen LogP contribution in [0.2, 0.25) is 0 Å². The Morgan fingerprint density at radius 2 is 1.78 bits per heavy atom. The third kappa shape index (κ3) is 5.54. The van der Waals surface area contributed by atoms with Crippen molar-refractivity contribution in [3.63, 3.8) is 0 Å². The Morgan fingerprint density at radius 1 is 1.26 bits per heavy atom. The Balaban J connectivity index is 2.82. The molecule has 0 saturated carbocycles. The van der Waals surface area contributed by atoms with Crippen molar-refractivity contribution in [2.75, 3.05) is 20.1 Å². The smallest absolute Gasteiger partial charge is 0.337 e. The molecule has 0 aromatic heterocycles. The van der Waals surface area contributed by atoms with Gasteiger partial charge in [-0.2, -0.15) is 8.78 Å². The normalized spacial score (nSPS) is 12.5. The van der Waals surface area contributed by atoms with Gasteiger partial charge in [-0.05, 0) is 29.7 Å². The minimum absolute atomic E-state index is 0.215. The van der Waals surface area contributed by atoms with Gasteiger partial charge >= 0.3 is 5.76 Å². The van der Waals surface area contributed by atoms with Gasteiger partial charge in [-0.15, -0.1) is 0 Å². The molecule has 0 aliphatic carbocycles. The van der Waals surface area contributed by atoms with E-state index >= 15 is 0 Å². The van der Waals surface area contributed by atoms with E-state index in [1.807, 2.05) is 13.8 Å². The van der Waals surface area contributed by atoms with Gasteiger partial charge in [-0.3, -0.25) is 4.79 Å². The third-order valence-electron chi connectivity index (χ3n) is 3.40. The Bertz CT molecular complexity index is 643. The van der Waals surface area contributed by atoms with E-state index in [1.54, 1.807) is 7.05 Å². The van der Waals surface area contributed by atoms with Crippen LogP contribution in [0.3, 0.4) is 0 Å². The summed E-state index contributed by atoms with van der Waals surface area (Å²) in [4.78, 5) is 13.8. The summed E-state index contributed by atoms with van der Waals surface area (Å²) in [7, 11) is -2.82. The van der Waals surface area contributed by atoms with Crippen LogP contribution in [0.15, 0.2) is 24.3 Å². The van der Waals surface area contributed by atoms with E-state index in [0.29, 0.717) is 18.7 Å². The first-order chi connectivity index (χ1) is 10.5. The number of alkyl halides is 2. The van der Waals surface area contributed by atoms with Crippen LogP contribution in [0.1, 0.15) is 29.8 Å². The highest BCUT2D eigenvalue weighted by molar-refractivity contribution is 7.90. The summed E-state index contributed by atoms with van der Waals surface area (Å²) in [6.45, 7) is 4.77. The zero-order valence-electron chi connectivity index (χ0n) is 13.4. The maximum atomic E-state index is 12.3. The van der Waals surface area contributed by atoms with Crippen LogP contribution in [0.5, 0.6) is 0 Å². The van der Waals surface area contributed by atoms with Gasteiger partial charge in [0.05, 0.1) is 5.75 Å². The molecule has 0 heterocycles. The molecular weight excluding hydrogens is 326 g/mol. The fraction of sp³-hybridized carbons (Fsp3) is 0.533. The maximum Gasteiger partial charge on any atom is 0.337 e. The van der Waals surface area contributed by atoms with Crippen molar-refractivity contribution in [3.8, 4) is 0 Å². The molecule has 130 valence electrons. The van der Waals surface area contributed by atoms with E-state index < -0.39 is 21.3 Å². The number of carbonyl (C=O) groups excluding carboxylic acids is 1. The second kappa shape index (κ2) is 7.35. The zero-order chi connectivity index (χ0) is 17.8. The van der Waals surface area contributed by atoms with Gasteiger partial charge in [-0.1, -0.05) is 26.0 Å². The number of benzene rings is 1. The van der Waals surface area contributed by atoms with E-state index in [1.165, 1.54) is 29.2 Å². The summed E-state index contributed by atoms with van der Waals surface area (Å²) < 4.78 is 47.0. The number of halogens is 2. The van der Waals surface area contributed by atoms with Crippen molar-refractivity contribution < 1.29 is 22.0 Å². The average molecular weight is 348 g/mol. The van der Waals surface area contributed by atoms with Crippen molar-refractivity contribution in [2.24, 2.45) is 11.1 Å². The summed E-state index contributed by atoms with van der Waals surface area (Å²) in [6.07, 6.45) is 0. The highest BCUT2D eigenvalue weighted by Crippen LogP contribution is 2.17. The lowest BCUT2D eigenvalue weighted by molar-refractivity contribution is 0.0740. The van der Waals surface area contributed by atoms with Crippen molar-refractivity contribution in [1.82, 2.24) is 4.90 Å². The second-order valence-electron chi connectivity index (χ2n) is 6.29. The number of amides is 1. The lowest BCUT2D eigenvalue weighted by atomic mass is 9.93. The number of rotatable bonds is 7. The summed E-state index contributed by atoms with van der Waals surface area (Å²) in [5.41, 5.74) is 5.99. The van der Waals surface area contributed by atoms with E-state index in [9.17, 15) is 22.0 Å². The molecule has 0 saturated heterocycles. The molecule has 0 aliphatic rings. The van der Waals surface area contributed by atoms with Gasteiger partial charge in [-0.25, -0.2) is 8.42 Å². The Hall–Kier alpha value is -1.54. The van der Waals surface area contributed by atoms with Gasteiger partial charge in [0.1, 0.15) is 0 Å². The highest BCUT2D eigenvalue weighted by atomic mass is 32.2. The first-order valence-corrected chi connectivity index (χ1v) is 8.74. The minimum Gasteiger partial charge on any atom is -0.341 e. The molecular formula is C15H22F2N2O3S. The molecule has 1 aromatic rings. The second-order valence-corrected chi connectivity index (χ2v) is 8.27. The molecule has 0 aliphatic heterocycles. The molecule has 0 radical (unpaired) electrons. The molecule has 1 rings (SSSR count). The quantitative estimate of drug-likeness (QED) is 0.816. The summed E-state index contributed by atoms with van der Waals surface area (Å²) in [5.74, 6) is -4.40. The predicted molar refractivity (Wildman–Crippen MR) is 84.9 cm³/mol. The molecule has 0 atom stereocenters. The molecule has 0 spiro atoms. The van der Waals surface area contributed by atoms with Crippen LogP contribution in [0, 0.1) is 5.41 Å². The lowest BCUT2D eigenvalue weighted by Crippen LogP contribution is -2.39. The molecule has 5 nitrogen and oxygen atoms in total. The third-order valence-corrected chi connectivity index (χ3v) is 4.68. The van der Waals surface area contributed by atoms with Crippen LogP contribution in [-0.4, -0.2) is 45.1 Å². The van der Waals surface area contributed by atoms with Crippen LogP contribution < -0.4 is 5.73 Å². The van der Waals surface area contributed by atoms with Gasteiger partial charge in [0.2, 0.25) is 9.84 Å². The Kier molecular flexibility index (Phi) is 6.24. The minimum atomic E-state index is -4.47. The van der Waals surface area contributed by atoms with Gasteiger partial charge < -0.3 is 10.6 Å². The van der Waals surface area contributed by atoms with Crippen molar-refractivity contribution in [3.05, 3.63) is 35.4 Å². The number of carbonyl (C=O) groups is 1. The van der Waals surface area contributed by atoms with E-state index in [4.69, 9.17) is 5.73 Å². The summed E-state index contributed by atoms with van der Waals surface area (Å²) in [5, 5.41) is 0. The Labute approximate surface area is 135 Å². The lowest BCUT2D eigenvalue weighted by Gasteiger charge is -2.29. The first kappa shape index (κ1) is 19.5. The van der Waals surface area contributed by atoms with E-state index in [2.05, 4.69) is 0 Å². The molecule has 1 amide bonds. The number of sulfone groups is 1. The van der Waals surface area contributed by atoms with Crippen molar-refractivity contribution >= 4 is 15.7 Å². The molecule has 1 aromatic carbocycles. The monoisotopic (exact) mass is 348 g/mol. The molecule has 2 N–H and O–H groups in total. The predicted octanol–water partition coefficient (Wildman–Crippen LogP) is 1.88. The highest BCUT2D eigenvalue weighted by Gasteiger charge is 2.25. The number of hydrogen-bond acceptors (Lipinski definition) is 4. The zero-order valence-corrected chi connectivity index (χ0v) is 14.2. The average Bonchev–Trinajstić information content (AvgIpc) is 2.46. The van der Waals surface area contributed by atoms with Crippen LogP contribution in [0.25, 0.3) is 0 Å². The summed E-state index contributed by atoms with van der Waals surface area (Å²) in [6, 6.07) is 5.61. The SMILES string of the molecule is CN(CC(C)(C)CN)C(=O)c1ccc(CS(=O)(=O)C(F)F)cc1. The van der Waals surface area contributed by atoms with Crippen molar-refractivity contribution in [2.45, 2.75) is 25.4 Å². The van der Waals surface area contributed by atoms with E-state index in [0.717, 1.165) is 0 Å². The largest absolute Gasteiger partial charge is 0.341 e. The van der Waals surface area contributed by atoms with Crippen molar-refractivity contribution in [1.29, 1.82) is 0 Å². The molecule has 0 bridgehead atoms. The molecule has 8 heteroatoms. The van der Waals surface area contributed by atoms with Crippen LogP contribution in [0.4, 0.5) is 8.78 Å². The van der Waals surface area contributed by atoms with E-state index in [-0.39, 0.29) is 16.9 Å². The van der Waals surface area contributed by atoms with Gasteiger partial charge in [0.15, 0.2) is 0 Å². The fourth-order valence-corrected chi connectivity index (χ4v) is 2.82. The number of nitrogens with two attached hydrogens (primary N) is 1. The first-order valence-electron chi connectivity index (χ1n) is 7.03. The molecule has 23 heavy (non-hydrogen) atoms. The molecule has 0 fully saturated rings. The standard InChI is InChI=1S/C15H22F2N2O3S/c1-15(2,9-18)10-19(3)13(20)12-6-4-11(5-7-12)8-23(21,22)14(16)17/h4-7,14H,8-10,18H2,1-3H3. The maximum absolute atomic E-state index is 12.3. The van der Waals surface area contributed by atoms with Crippen LogP contribution in [-0.2, 0) is 15.6 Å². The van der Waals surface area contributed by atoms with Gasteiger partial charge in [0, 0.05) is 19.2 Å². The van der Waals surface area contributed by atoms with Gasteiger partial charge in [0.25, 0.3) is 5.91 Å². The molecule has 0 unspecified atom stereocenters. The Morgan fingerprint density at radius 3 is 2.22 bits per heavy atom. The number of nitrogens with zero attached hydrogens (tertiary/aromatic N) is 1. The fourth-order valence-electron chi connectivity index (χ4n) is 2.04.